The smallest absolute Gasteiger partial charge is 0.471 e. The first-order valence-electron chi connectivity index (χ1n) is 5.83. The third kappa shape index (κ3) is 3.97. The van der Waals surface area contributed by atoms with E-state index in [1.54, 1.807) is 12.1 Å². The average Bonchev–Trinajstić information content (AvgIpc) is 2.34. The van der Waals surface area contributed by atoms with E-state index >= 15 is 0 Å². The van der Waals surface area contributed by atoms with Crippen molar-refractivity contribution in [3.05, 3.63) is 35.4 Å². The molecular weight excluding hydrogens is 275 g/mol. The van der Waals surface area contributed by atoms with Gasteiger partial charge in [-0.15, -0.1) is 0 Å². The van der Waals surface area contributed by atoms with Crippen LogP contribution in [0, 0.1) is 0 Å². The lowest BCUT2D eigenvalue weighted by molar-refractivity contribution is -0.175. The first kappa shape index (κ1) is 16.0. The predicted octanol–water partition coefficient (Wildman–Crippen LogP) is 2.61. The zero-order valence-corrected chi connectivity index (χ0v) is 10.9. The van der Waals surface area contributed by atoms with Crippen molar-refractivity contribution in [3.8, 4) is 0 Å². The minimum atomic E-state index is -5.12. The first-order chi connectivity index (χ1) is 9.12. The van der Waals surface area contributed by atoms with Gasteiger partial charge in [-0.2, -0.15) is 13.2 Å². The van der Waals surface area contributed by atoms with Crippen LogP contribution < -0.4 is 5.32 Å². The molecule has 0 bridgehead atoms. The van der Waals surface area contributed by atoms with E-state index in [1.165, 1.54) is 17.4 Å². The van der Waals surface area contributed by atoms with E-state index < -0.39 is 24.1 Å². The molecule has 0 saturated heterocycles. The molecule has 1 rings (SSSR count). The summed E-state index contributed by atoms with van der Waals surface area (Å²) >= 11 is 0. The highest BCUT2D eigenvalue weighted by molar-refractivity contribution is 5.87. The fourth-order valence-corrected chi connectivity index (χ4v) is 1.57. The summed E-state index contributed by atoms with van der Waals surface area (Å²) in [7, 11) is 0. The van der Waals surface area contributed by atoms with Crippen LogP contribution in [-0.4, -0.2) is 23.2 Å². The number of carbonyl (C=O) groups is 2. The fraction of sp³-hybridized carbons (Fsp3) is 0.385. The van der Waals surface area contributed by atoms with E-state index in [1.807, 2.05) is 13.8 Å². The van der Waals surface area contributed by atoms with Gasteiger partial charge in [0, 0.05) is 0 Å². The number of alkyl halides is 3. The van der Waals surface area contributed by atoms with Gasteiger partial charge < -0.3 is 10.4 Å². The Hall–Kier alpha value is -2.05. The van der Waals surface area contributed by atoms with E-state index in [9.17, 15) is 22.8 Å². The van der Waals surface area contributed by atoms with Gasteiger partial charge in [0.1, 0.15) is 0 Å². The zero-order chi connectivity index (χ0) is 15.5. The van der Waals surface area contributed by atoms with Crippen molar-refractivity contribution in [1.82, 2.24) is 5.32 Å². The molecule has 0 aliphatic rings. The molecule has 0 saturated carbocycles. The average molecular weight is 289 g/mol. The number of halogens is 3. The van der Waals surface area contributed by atoms with Crippen molar-refractivity contribution in [2.45, 2.75) is 32.0 Å². The van der Waals surface area contributed by atoms with Crippen molar-refractivity contribution in [1.29, 1.82) is 0 Å². The number of hydrogen-bond acceptors (Lipinski definition) is 2. The normalized spacial score (nSPS) is 13.1. The molecule has 1 amide bonds. The zero-order valence-electron chi connectivity index (χ0n) is 10.9. The van der Waals surface area contributed by atoms with E-state index in [-0.39, 0.29) is 11.5 Å². The second kappa shape index (κ2) is 5.94. The van der Waals surface area contributed by atoms with Crippen molar-refractivity contribution in [2.75, 3.05) is 0 Å². The fourth-order valence-electron chi connectivity index (χ4n) is 1.57. The molecule has 20 heavy (non-hydrogen) atoms. The molecule has 4 nitrogen and oxygen atoms in total. The summed E-state index contributed by atoms with van der Waals surface area (Å²) in [6.45, 7) is 3.85. The topological polar surface area (TPSA) is 66.4 Å². The SMILES string of the molecule is CC(C)c1ccc(C(NC(=O)C(F)(F)F)C(=O)O)cc1. The molecule has 0 aliphatic heterocycles. The molecule has 0 aliphatic carbocycles. The third-order valence-electron chi connectivity index (χ3n) is 2.72. The molecule has 7 heteroatoms. The van der Waals surface area contributed by atoms with E-state index in [4.69, 9.17) is 5.11 Å². The third-order valence-corrected chi connectivity index (χ3v) is 2.72. The molecule has 110 valence electrons. The van der Waals surface area contributed by atoms with Crippen molar-refractivity contribution < 1.29 is 27.9 Å². The van der Waals surface area contributed by atoms with Gasteiger partial charge in [-0.1, -0.05) is 38.1 Å². The molecule has 1 aromatic carbocycles. The molecule has 0 heterocycles. The highest BCUT2D eigenvalue weighted by atomic mass is 19.4. The minimum Gasteiger partial charge on any atom is -0.479 e. The van der Waals surface area contributed by atoms with Gasteiger partial charge >= 0.3 is 18.1 Å². The Balaban J connectivity index is 2.97. The number of nitrogens with one attached hydrogen (secondary N) is 1. The second-order valence-corrected chi connectivity index (χ2v) is 4.56. The van der Waals surface area contributed by atoms with Crippen LogP contribution >= 0.6 is 0 Å². The highest BCUT2D eigenvalue weighted by Crippen LogP contribution is 2.21. The summed E-state index contributed by atoms with van der Waals surface area (Å²) in [5.74, 6) is -3.63. The summed E-state index contributed by atoms with van der Waals surface area (Å²) in [4.78, 5) is 21.8. The Bertz CT molecular complexity index is 495. The molecule has 1 atom stereocenters. The number of aliphatic carboxylic acids is 1. The van der Waals surface area contributed by atoms with Crippen LogP contribution in [0.1, 0.15) is 36.9 Å². The van der Waals surface area contributed by atoms with Crippen LogP contribution in [-0.2, 0) is 9.59 Å². The number of hydrogen-bond donors (Lipinski definition) is 2. The number of rotatable bonds is 4. The van der Waals surface area contributed by atoms with Crippen LogP contribution in [0.4, 0.5) is 13.2 Å². The Labute approximate surface area is 113 Å². The molecule has 0 spiro atoms. The van der Waals surface area contributed by atoms with Crippen LogP contribution in [0.3, 0.4) is 0 Å². The highest BCUT2D eigenvalue weighted by Gasteiger charge is 2.41. The lowest BCUT2D eigenvalue weighted by Gasteiger charge is -2.16. The van der Waals surface area contributed by atoms with Gasteiger partial charge in [-0.3, -0.25) is 4.79 Å². The maximum absolute atomic E-state index is 12.2. The monoisotopic (exact) mass is 289 g/mol. The van der Waals surface area contributed by atoms with E-state index in [2.05, 4.69) is 0 Å². The van der Waals surface area contributed by atoms with E-state index in [0.717, 1.165) is 5.56 Å². The summed E-state index contributed by atoms with van der Waals surface area (Å²) in [5.41, 5.74) is 1.000. The predicted molar refractivity (Wildman–Crippen MR) is 65.1 cm³/mol. The Kier molecular flexibility index (Phi) is 4.75. The number of carbonyl (C=O) groups excluding carboxylic acids is 1. The minimum absolute atomic E-state index is 0.0829. The van der Waals surface area contributed by atoms with Crippen LogP contribution in [0.2, 0.25) is 0 Å². The number of benzene rings is 1. The standard InChI is InChI=1S/C13H14F3NO3/c1-7(2)8-3-5-9(6-4-8)10(11(18)19)17-12(20)13(14,15)16/h3-7,10H,1-2H3,(H,17,20)(H,18,19). The lowest BCUT2D eigenvalue weighted by atomic mass is 9.99. The summed E-state index contributed by atoms with van der Waals surface area (Å²) in [5, 5.41) is 10.4. The Morgan fingerprint density at radius 1 is 1.10 bits per heavy atom. The van der Waals surface area contributed by atoms with Crippen LogP contribution in [0.5, 0.6) is 0 Å². The molecule has 1 unspecified atom stereocenters. The summed E-state index contributed by atoms with van der Waals surface area (Å²) < 4.78 is 36.5. The lowest BCUT2D eigenvalue weighted by Crippen LogP contribution is -2.41. The Morgan fingerprint density at radius 3 is 1.90 bits per heavy atom. The number of carboxylic acid groups (broad SMARTS) is 1. The van der Waals surface area contributed by atoms with Gasteiger partial charge in [-0.25, -0.2) is 4.79 Å². The largest absolute Gasteiger partial charge is 0.479 e. The molecular formula is C13H14F3NO3. The van der Waals surface area contributed by atoms with Crippen molar-refractivity contribution in [3.63, 3.8) is 0 Å². The van der Waals surface area contributed by atoms with Gasteiger partial charge in [0.05, 0.1) is 0 Å². The molecule has 0 radical (unpaired) electrons. The van der Waals surface area contributed by atoms with Crippen molar-refractivity contribution >= 4 is 11.9 Å². The molecule has 2 N–H and O–H groups in total. The van der Waals surface area contributed by atoms with Crippen LogP contribution in [0.15, 0.2) is 24.3 Å². The Morgan fingerprint density at radius 2 is 1.55 bits per heavy atom. The number of carboxylic acids is 1. The van der Waals surface area contributed by atoms with Crippen LogP contribution in [0.25, 0.3) is 0 Å². The second-order valence-electron chi connectivity index (χ2n) is 4.56. The van der Waals surface area contributed by atoms with Gasteiger partial charge in [0.25, 0.3) is 0 Å². The summed E-state index contributed by atoms with van der Waals surface area (Å²) in [6.07, 6.45) is -5.12. The maximum atomic E-state index is 12.2. The van der Waals surface area contributed by atoms with Gasteiger partial charge in [0.2, 0.25) is 0 Å². The molecule has 1 aromatic rings. The molecule has 0 fully saturated rings. The summed E-state index contributed by atoms with van der Waals surface area (Å²) in [6, 6.07) is 4.30. The number of amides is 1. The maximum Gasteiger partial charge on any atom is 0.471 e. The molecule has 0 aromatic heterocycles. The van der Waals surface area contributed by atoms with Gasteiger partial charge in [-0.05, 0) is 17.0 Å². The van der Waals surface area contributed by atoms with Crippen molar-refractivity contribution in [2.24, 2.45) is 0 Å². The van der Waals surface area contributed by atoms with E-state index in [0.29, 0.717) is 0 Å². The first-order valence-corrected chi connectivity index (χ1v) is 5.83. The van der Waals surface area contributed by atoms with Gasteiger partial charge in [0.15, 0.2) is 6.04 Å². The quantitative estimate of drug-likeness (QED) is 0.895.